The molecule has 0 N–H and O–H groups in total. The highest BCUT2D eigenvalue weighted by atomic mass is 35.5. The zero-order valence-electron chi connectivity index (χ0n) is 13.6. The Bertz CT molecular complexity index is 1100. The molecule has 0 saturated heterocycles. The van der Waals surface area contributed by atoms with Crippen LogP contribution in [0.3, 0.4) is 0 Å². The summed E-state index contributed by atoms with van der Waals surface area (Å²) in [5.41, 5.74) is 1.32. The summed E-state index contributed by atoms with van der Waals surface area (Å²) in [7, 11) is 1.58. The van der Waals surface area contributed by atoms with E-state index >= 15 is 0 Å². The Morgan fingerprint density at radius 3 is 2.54 bits per heavy atom. The molecule has 0 aliphatic rings. The van der Waals surface area contributed by atoms with Crippen LogP contribution in [0.5, 0.6) is 17.4 Å². The van der Waals surface area contributed by atoms with Gasteiger partial charge in [-0.25, -0.2) is 14.6 Å². The minimum absolute atomic E-state index is 0.380. The second-order valence-electron chi connectivity index (χ2n) is 5.32. The largest absolute Gasteiger partial charge is 0.493 e. The molecule has 0 aliphatic heterocycles. The number of halogens is 2. The minimum atomic E-state index is 0.380. The molecule has 26 heavy (non-hydrogen) atoms. The fourth-order valence-corrected chi connectivity index (χ4v) is 2.81. The number of ether oxygens (including phenoxy) is 2. The molecule has 130 valence electrons. The maximum atomic E-state index is 6.11. The van der Waals surface area contributed by atoms with Crippen LogP contribution < -0.4 is 9.47 Å². The van der Waals surface area contributed by atoms with Crippen molar-refractivity contribution >= 4 is 34.2 Å². The normalized spacial score (nSPS) is 10.9. The van der Waals surface area contributed by atoms with E-state index in [2.05, 4.69) is 15.1 Å². The minimum Gasteiger partial charge on any atom is -0.493 e. The van der Waals surface area contributed by atoms with Crippen LogP contribution in [0, 0.1) is 0 Å². The van der Waals surface area contributed by atoms with Gasteiger partial charge in [-0.1, -0.05) is 35.3 Å². The Morgan fingerprint density at radius 2 is 1.77 bits per heavy atom. The van der Waals surface area contributed by atoms with Crippen LogP contribution in [-0.2, 0) is 0 Å². The first kappa shape index (κ1) is 16.6. The van der Waals surface area contributed by atoms with Gasteiger partial charge in [0.05, 0.1) is 29.0 Å². The van der Waals surface area contributed by atoms with Crippen molar-refractivity contribution in [2.75, 3.05) is 7.11 Å². The number of aromatic nitrogens is 4. The maximum absolute atomic E-state index is 6.11. The number of rotatable bonds is 4. The highest BCUT2D eigenvalue weighted by Gasteiger charge is 2.15. The van der Waals surface area contributed by atoms with Gasteiger partial charge in [-0.15, -0.1) is 0 Å². The summed E-state index contributed by atoms with van der Waals surface area (Å²) in [5, 5.41) is 5.95. The Morgan fingerprint density at radius 1 is 0.962 bits per heavy atom. The molecule has 2 aromatic carbocycles. The number of benzene rings is 2. The number of hydrogen-bond donors (Lipinski definition) is 0. The van der Waals surface area contributed by atoms with E-state index in [4.69, 9.17) is 32.7 Å². The highest BCUT2D eigenvalue weighted by molar-refractivity contribution is 6.42. The van der Waals surface area contributed by atoms with Gasteiger partial charge in [0.15, 0.2) is 17.1 Å². The van der Waals surface area contributed by atoms with E-state index in [1.807, 2.05) is 24.3 Å². The van der Waals surface area contributed by atoms with E-state index in [0.717, 1.165) is 5.69 Å². The molecule has 2 heterocycles. The van der Waals surface area contributed by atoms with Gasteiger partial charge in [0, 0.05) is 0 Å². The Labute approximate surface area is 158 Å². The van der Waals surface area contributed by atoms with Crippen molar-refractivity contribution in [1.29, 1.82) is 0 Å². The first-order valence-electron chi connectivity index (χ1n) is 7.62. The SMILES string of the molecule is COc1ccccc1Oc1ncnc2c1cnn2-c1ccc(Cl)c(Cl)c1. The smallest absolute Gasteiger partial charge is 0.233 e. The first-order valence-corrected chi connectivity index (χ1v) is 8.38. The van der Waals surface area contributed by atoms with Crippen molar-refractivity contribution in [3.8, 4) is 23.1 Å². The van der Waals surface area contributed by atoms with Crippen LogP contribution >= 0.6 is 23.2 Å². The van der Waals surface area contributed by atoms with Crippen LogP contribution in [0.1, 0.15) is 0 Å². The van der Waals surface area contributed by atoms with Crippen LogP contribution in [-0.4, -0.2) is 26.9 Å². The summed E-state index contributed by atoms with van der Waals surface area (Å²) in [6, 6.07) is 12.6. The molecular weight excluding hydrogens is 375 g/mol. The van der Waals surface area contributed by atoms with E-state index < -0.39 is 0 Å². The standard InChI is InChI=1S/C18H12Cl2N4O2/c1-25-15-4-2-3-5-16(15)26-18-12-9-23-24(17(12)21-10-22-18)11-6-7-13(19)14(20)8-11/h2-10H,1H3. The van der Waals surface area contributed by atoms with E-state index in [1.165, 1.54) is 6.33 Å². The van der Waals surface area contributed by atoms with E-state index in [-0.39, 0.29) is 0 Å². The van der Waals surface area contributed by atoms with Gasteiger partial charge in [-0.2, -0.15) is 5.10 Å². The summed E-state index contributed by atoms with van der Waals surface area (Å²) in [5.74, 6) is 1.54. The number of hydrogen-bond acceptors (Lipinski definition) is 5. The van der Waals surface area contributed by atoms with Crippen molar-refractivity contribution in [3.63, 3.8) is 0 Å². The average molecular weight is 387 g/mol. The van der Waals surface area contributed by atoms with Gasteiger partial charge in [0.1, 0.15) is 11.7 Å². The predicted molar refractivity (Wildman–Crippen MR) is 99.7 cm³/mol. The molecule has 4 rings (SSSR count). The van der Waals surface area contributed by atoms with Crippen molar-refractivity contribution < 1.29 is 9.47 Å². The van der Waals surface area contributed by atoms with Crippen molar-refractivity contribution in [2.24, 2.45) is 0 Å². The lowest BCUT2D eigenvalue weighted by Gasteiger charge is -2.09. The Hall–Kier alpha value is -2.83. The monoisotopic (exact) mass is 386 g/mol. The van der Waals surface area contributed by atoms with Crippen molar-refractivity contribution in [1.82, 2.24) is 19.7 Å². The molecule has 0 unspecified atom stereocenters. The number of fused-ring (bicyclic) bond motifs is 1. The van der Waals surface area contributed by atoms with E-state index in [9.17, 15) is 0 Å². The van der Waals surface area contributed by atoms with Crippen molar-refractivity contribution in [3.05, 3.63) is 65.0 Å². The summed E-state index contributed by atoms with van der Waals surface area (Å²) < 4.78 is 12.9. The molecule has 8 heteroatoms. The molecule has 6 nitrogen and oxygen atoms in total. The molecule has 0 radical (unpaired) electrons. The zero-order chi connectivity index (χ0) is 18.1. The van der Waals surface area contributed by atoms with Gasteiger partial charge < -0.3 is 9.47 Å². The fraction of sp³-hybridized carbons (Fsp3) is 0.0556. The molecule has 0 saturated carbocycles. The number of methoxy groups -OCH3 is 1. The van der Waals surface area contributed by atoms with Crippen LogP contribution in [0.25, 0.3) is 16.7 Å². The molecule has 0 bridgehead atoms. The Balaban J connectivity index is 1.79. The molecule has 0 aliphatic carbocycles. The topological polar surface area (TPSA) is 62.1 Å². The highest BCUT2D eigenvalue weighted by Crippen LogP contribution is 2.33. The van der Waals surface area contributed by atoms with Crippen molar-refractivity contribution in [2.45, 2.75) is 0 Å². The third-order valence-electron chi connectivity index (χ3n) is 3.75. The summed E-state index contributed by atoms with van der Waals surface area (Å²) in [6.07, 6.45) is 3.06. The maximum Gasteiger partial charge on any atom is 0.233 e. The summed E-state index contributed by atoms with van der Waals surface area (Å²) >= 11 is 12.1. The van der Waals surface area contributed by atoms with E-state index in [1.54, 1.807) is 36.2 Å². The van der Waals surface area contributed by atoms with Crippen LogP contribution in [0.4, 0.5) is 0 Å². The summed E-state index contributed by atoms with van der Waals surface area (Å²) in [4.78, 5) is 8.54. The van der Waals surface area contributed by atoms with Gasteiger partial charge >= 0.3 is 0 Å². The van der Waals surface area contributed by atoms with Crippen LogP contribution in [0.15, 0.2) is 55.0 Å². The molecule has 4 aromatic rings. The van der Waals surface area contributed by atoms with E-state index in [0.29, 0.717) is 38.5 Å². The molecular formula is C18H12Cl2N4O2. The molecule has 2 aromatic heterocycles. The second-order valence-corrected chi connectivity index (χ2v) is 6.14. The van der Waals surface area contributed by atoms with Gasteiger partial charge in [-0.3, -0.25) is 0 Å². The number of para-hydroxylation sites is 2. The molecule has 0 fully saturated rings. The lowest BCUT2D eigenvalue weighted by Crippen LogP contribution is -1.98. The van der Waals surface area contributed by atoms with Crippen LogP contribution in [0.2, 0.25) is 10.0 Å². The molecule has 0 atom stereocenters. The van der Waals surface area contributed by atoms with Gasteiger partial charge in [0.25, 0.3) is 0 Å². The lowest BCUT2D eigenvalue weighted by atomic mass is 10.3. The lowest BCUT2D eigenvalue weighted by molar-refractivity contribution is 0.375. The predicted octanol–water partition coefficient (Wildman–Crippen LogP) is 4.92. The number of nitrogens with zero attached hydrogens (tertiary/aromatic N) is 4. The third-order valence-corrected chi connectivity index (χ3v) is 4.49. The fourth-order valence-electron chi connectivity index (χ4n) is 2.52. The molecule has 0 amide bonds. The summed E-state index contributed by atoms with van der Waals surface area (Å²) in [6.45, 7) is 0. The average Bonchev–Trinajstić information content (AvgIpc) is 3.10. The molecule has 0 spiro atoms. The quantitative estimate of drug-likeness (QED) is 0.497. The zero-order valence-corrected chi connectivity index (χ0v) is 15.1. The first-order chi connectivity index (χ1) is 12.7. The second kappa shape index (κ2) is 6.82. The third kappa shape index (κ3) is 2.94. The van der Waals surface area contributed by atoms with Gasteiger partial charge in [-0.05, 0) is 30.3 Å². The Kier molecular flexibility index (Phi) is 4.36. The van der Waals surface area contributed by atoms with Gasteiger partial charge in [0.2, 0.25) is 5.88 Å².